The van der Waals surface area contributed by atoms with Crippen molar-refractivity contribution in [1.29, 1.82) is 0 Å². The molecule has 1 N–H and O–H groups in total. The molecule has 1 aromatic rings. The Hall–Kier alpha value is -2.51. The van der Waals surface area contributed by atoms with Crippen molar-refractivity contribution in [3.63, 3.8) is 0 Å². The lowest BCUT2D eigenvalue weighted by molar-refractivity contribution is -0.387. The Morgan fingerprint density at radius 1 is 1.55 bits per heavy atom. The van der Waals surface area contributed by atoms with Crippen molar-refractivity contribution in [2.24, 2.45) is 0 Å². The van der Waals surface area contributed by atoms with E-state index in [9.17, 15) is 24.1 Å². The third-order valence-corrected chi connectivity index (χ3v) is 3.15. The summed E-state index contributed by atoms with van der Waals surface area (Å²) in [6.07, 6.45) is 0. The van der Waals surface area contributed by atoms with Gasteiger partial charge in [-0.3, -0.25) is 19.7 Å². The molecule has 0 saturated carbocycles. The van der Waals surface area contributed by atoms with Gasteiger partial charge in [-0.1, -0.05) is 0 Å². The number of nitro groups is 1. The number of nitrogens with one attached hydrogen (secondary N) is 1. The maximum atomic E-state index is 13.5. The zero-order chi connectivity index (χ0) is 14.9. The average Bonchev–Trinajstić information content (AvgIpc) is 2.40. The lowest BCUT2D eigenvalue weighted by Gasteiger charge is -2.32. The van der Waals surface area contributed by atoms with Gasteiger partial charge in [-0.2, -0.15) is 4.39 Å². The second-order valence-corrected chi connectivity index (χ2v) is 4.39. The van der Waals surface area contributed by atoms with Crippen LogP contribution in [-0.2, 0) is 4.79 Å². The highest BCUT2D eigenvalue weighted by atomic mass is 19.1. The summed E-state index contributed by atoms with van der Waals surface area (Å²) in [7, 11) is 0. The van der Waals surface area contributed by atoms with Crippen LogP contribution in [-0.4, -0.2) is 40.8 Å². The highest BCUT2D eigenvalue weighted by molar-refractivity contribution is 5.98. The van der Waals surface area contributed by atoms with E-state index in [2.05, 4.69) is 5.32 Å². The number of rotatable bonds is 2. The number of benzene rings is 1. The average molecular weight is 281 g/mol. The Labute approximate surface area is 113 Å². The van der Waals surface area contributed by atoms with E-state index in [1.54, 1.807) is 6.92 Å². The minimum Gasteiger partial charge on any atom is -0.353 e. The number of amides is 2. The van der Waals surface area contributed by atoms with Crippen molar-refractivity contribution in [3.05, 3.63) is 39.7 Å². The Morgan fingerprint density at radius 3 is 2.85 bits per heavy atom. The fourth-order valence-electron chi connectivity index (χ4n) is 2.01. The lowest BCUT2D eigenvalue weighted by atomic mass is 10.1. The van der Waals surface area contributed by atoms with Crippen molar-refractivity contribution in [1.82, 2.24) is 10.2 Å². The Kier molecular flexibility index (Phi) is 3.64. The fraction of sp³-hybridized carbons (Fsp3) is 0.333. The molecule has 0 radical (unpaired) electrons. The standard InChI is InChI=1S/C12H12FN3O4/c1-7-11(17)14-4-5-15(7)12(18)8-2-3-10(16(19)20)9(13)6-8/h2-3,6-7H,4-5H2,1H3,(H,14,17). The normalized spacial score (nSPS) is 18.6. The molecule has 1 saturated heterocycles. The maximum absolute atomic E-state index is 13.5. The number of nitro benzene ring substituents is 1. The number of hydrogen-bond acceptors (Lipinski definition) is 4. The van der Waals surface area contributed by atoms with Crippen molar-refractivity contribution >= 4 is 17.5 Å². The second kappa shape index (κ2) is 5.24. The molecular formula is C12H12FN3O4. The molecule has 0 spiro atoms. The highest BCUT2D eigenvalue weighted by Crippen LogP contribution is 2.20. The second-order valence-electron chi connectivity index (χ2n) is 4.39. The van der Waals surface area contributed by atoms with Crippen molar-refractivity contribution in [2.75, 3.05) is 13.1 Å². The Morgan fingerprint density at radius 2 is 2.25 bits per heavy atom. The van der Waals surface area contributed by atoms with Gasteiger partial charge in [-0.15, -0.1) is 0 Å². The number of halogens is 1. The molecule has 8 heteroatoms. The molecule has 1 aromatic carbocycles. The minimum absolute atomic E-state index is 0.0188. The largest absolute Gasteiger partial charge is 0.353 e. The number of piperazine rings is 1. The van der Waals surface area contributed by atoms with Crippen molar-refractivity contribution in [2.45, 2.75) is 13.0 Å². The van der Waals surface area contributed by atoms with E-state index < -0.39 is 28.4 Å². The monoisotopic (exact) mass is 281 g/mol. The molecule has 1 atom stereocenters. The van der Waals surface area contributed by atoms with E-state index in [4.69, 9.17) is 0 Å². The highest BCUT2D eigenvalue weighted by Gasteiger charge is 2.30. The molecule has 0 bridgehead atoms. The molecule has 106 valence electrons. The summed E-state index contributed by atoms with van der Waals surface area (Å²) in [4.78, 5) is 34.6. The van der Waals surface area contributed by atoms with Crippen LogP contribution in [0.2, 0.25) is 0 Å². The van der Waals surface area contributed by atoms with Gasteiger partial charge in [0, 0.05) is 24.7 Å². The van der Waals surface area contributed by atoms with Crippen LogP contribution in [0, 0.1) is 15.9 Å². The molecule has 20 heavy (non-hydrogen) atoms. The number of carbonyl (C=O) groups is 2. The summed E-state index contributed by atoms with van der Waals surface area (Å²) >= 11 is 0. The topological polar surface area (TPSA) is 92.6 Å². The van der Waals surface area contributed by atoms with Gasteiger partial charge >= 0.3 is 5.69 Å². The Balaban J connectivity index is 2.27. The fourth-order valence-corrected chi connectivity index (χ4v) is 2.01. The predicted molar refractivity (Wildman–Crippen MR) is 66.6 cm³/mol. The smallest absolute Gasteiger partial charge is 0.304 e. The molecule has 1 aliphatic heterocycles. The first-order valence-corrected chi connectivity index (χ1v) is 5.94. The summed E-state index contributed by atoms with van der Waals surface area (Å²) in [6, 6.07) is 2.29. The summed E-state index contributed by atoms with van der Waals surface area (Å²) in [5.41, 5.74) is -0.708. The maximum Gasteiger partial charge on any atom is 0.304 e. The van der Waals surface area contributed by atoms with E-state index in [0.717, 1.165) is 12.1 Å². The van der Waals surface area contributed by atoms with Gasteiger partial charge in [0.05, 0.1) is 4.92 Å². The van der Waals surface area contributed by atoms with Crippen LogP contribution in [0.3, 0.4) is 0 Å². The van der Waals surface area contributed by atoms with E-state index in [1.807, 2.05) is 0 Å². The van der Waals surface area contributed by atoms with Gasteiger partial charge in [0.15, 0.2) is 0 Å². The van der Waals surface area contributed by atoms with Crippen LogP contribution in [0.25, 0.3) is 0 Å². The first-order valence-electron chi connectivity index (χ1n) is 5.94. The molecular weight excluding hydrogens is 269 g/mol. The zero-order valence-electron chi connectivity index (χ0n) is 10.6. The molecule has 0 aliphatic carbocycles. The van der Waals surface area contributed by atoms with Gasteiger partial charge in [0.25, 0.3) is 5.91 Å². The van der Waals surface area contributed by atoms with Crippen LogP contribution in [0.15, 0.2) is 18.2 Å². The summed E-state index contributed by atoms with van der Waals surface area (Å²) < 4.78 is 13.5. The SMILES string of the molecule is CC1C(=O)NCCN1C(=O)c1ccc([N+](=O)[O-])c(F)c1. The molecule has 2 amide bonds. The van der Waals surface area contributed by atoms with Gasteiger partial charge in [0.2, 0.25) is 11.7 Å². The molecule has 1 fully saturated rings. The number of hydrogen-bond donors (Lipinski definition) is 1. The minimum atomic E-state index is -1.07. The van der Waals surface area contributed by atoms with Crippen molar-refractivity contribution in [3.8, 4) is 0 Å². The van der Waals surface area contributed by atoms with Crippen LogP contribution >= 0.6 is 0 Å². The molecule has 1 heterocycles. The van der Waals surface area contributed by atoms with Crippen LogP contribution < -0.4 is 5.32 Å². The summed E-state index contributed by atoms with van der Waals surface area (Å²) in [6.45, 7) is 2.20. The van der Waals surface area contributed by atoms with Crippen LogP contribution in [0.5, 0.6) is 0 Å². The number of carbonyl (C=O) groups excluding carboxylic acids is 2. The number of nitrogens with zero attached hydrogens (tertiary/aromatic N) is 2. The molecule has 1 unspecified atom stereocenters. The van der Waals surface area contributed by atoms with E-state index in [1.165, 1.54) is 11.0 Å². The first kappa shape index (κ1) is 13.9. The van der Waals surface area contributed by atoms with Crippen LogP contribution in [0.4, 0.5) is 10.1 Å². The molecule has 0 aromatic heterocycles. The predicted octanol–water partition coefficient (Wildman–Crippen LogP) is 0.694. The van der Waals surface area contributed by atoms with Gasteiger partial charge in [0.1, 0.15) is 6.04 Å². The Bertz CT molecular complexity index is 590. The van der Waals surface area contributed by atoms with Gasteiger partial charge in [-0.25, -0.2) is 0 Å². The lowest BCUT2D eigenvalue weighted by Crippen LogP contribution is -2.55. The van der Waals surface area contributed by atoms with Gasteiger partial charge in [-0.05, 0) is 19.1 Å². The molecule has 7 nitrogen and oxygen atoms in total. The summed E-state index contributed by atoms with van der Waals surface area (Å²) in [5.74, 6) is -1.89. The van der Waals surface area contributed by atoms with E-state index in [-0.39, 0.29) is 11.5 Å². The molecule has 2 rings (SSSR count). The quantitative estimate of drug-likeness (QED) is 0.637. The first-order chi connectivity index (χ1) is 9.41. The van der Waals surface area contributed by atoms with Crippen LogP contribution in [0.1, 0.15) is 17.3 Å². The zero-order valence-corrected chi connectivity index (χ0v) is 10.6. The van der Waals surface area contributed by atoms with Crippen molar-refractivity contribution < 1.29 is 18.9 Å². The summed E-state index contributed by atoms with van der Waals surface area (Å²) in [5, 5.41) is 13.1. The van der Waals surface area contributed by atoms with Gasteiger partial charge < -0.3 is 10.2 Å². The third kappa shape index (κ3) is 2.44. The molecule has 1 aliphatic rings. The van der Waals surface area contributed by atoms with E-state index in [0.29, 0.717) is 13.1 Å². The van der Waals surface area contributed by atoms with E-state index >= 15 is 0 Å². The third-order valence-electron chi connectivity index (χ3n) is 3.15.